The van der Waals surface area contributed by atoms with Gasteiger partial charge in [-0.15, -0.1) is 0 Å². The van der Waals surface area contributed by atoms with E-state index in [0.29, 0.717) is 17.9 Å². The Morgan fingerprint density at radius 3 is 2.20 bits per heavy atom. The average Bonchev–Trinajstić information content (AvgIpc) is 2.74. The first kappa shape index (κ1) is 22.2. The molecule has 2 aromatic rings. The van der Waals surface area contributed by atoms with Crippen LogP contribution >= 0.6 is 11.6 Å². The Balaban J connectivity index is 1.47. The summed E-state index contributed by atoms with van der Waals surface area (Å²) in [5, 5.41) is 0.570. The van der Waals surface area contributed by atoms with Crippen LogP contribution in [0.15, 0.2) is 53.4 Å². The number of hydrazine groups is 1. The van der Waals surface area contributed by atoms with Crippen LogP contribution < -0.4 is 10.9 Å². The summed E-state index contributed by atoms with van der Waals surface area (Å²) < 4.78 is 39.6. The summed E-state index contributed by atoms with van der Waals surface area (Å²) in [6.45, 7) is 0.326. The lowest BCUT2D eigenvalue weighted by Gasteiger charge is -2.30. The molecule has 1 heterocycles. The van der Waals surface area contributed by atoms with E-state index in [1.165, 1.54) is 16.4 Å². The van der Waals surface area contributed by atoms with E-state index >= 15 is 0 Å². The summed E-state index contributed by atoms with van der Waals surface area (Å²) in [6, 6.07) is 11.4. The molecule has 10 heteroatoms. The molecule has 0 aromatic heterocycles. The molecule has 0 radical (unpaired) electrons. The van der Waals surface area contributed by atoms with E-state index in [-0.39, 0.29) is 36.2 Å². The monoisotopic (exact) mass is 453 g/mol. The molecule has 160 valence electrons. The van der Waals surface area contributed by atoms with Crippen LogP contribution in [0.5, 0.6) is 0 Å². The molecule has 2 amide bonds. The third-order valence-electron chi connectivity index (χ3n) is 4.88. The van der Waals surface area contributed by atoms with Crippen molar-refractivity contribution in [2.24, 2.45) is 5.92 Å². The minimum absolute atomic E-state index is 0.0151. The summed E-state index contributed by atoms with van der Waals surface area (Å²) in [5.41, 5.74) is 5.53. The van der Waals surface area contributed by atoms with Crippen LogP contribution in [0.4, 0.5) is 4.39 Å². The first-order valence-electron chi connectivity index (χ1n) is 9.34. The lowest BCUT2D eigenvalue weighted by Crippen LogP contribution is -2.48. The molecule has 0 spiro atoms. The maximum absolute atomic E-state index is 13.0. The van der Waals surface area contributed by atoms with Crippen LogP contribution in [0.1, 0.15) is 18.4 Å². The first-order chi connectivity index (χ1) is 14.3. The van der Waals surface area contributed by atoms with Crippen LogP contribution in [0.25, 0.3) is 0 Å². The highest BCUT2D eigenvalue weighted by Gasteiger charge is 2.32. The van der Waals surface area contributed by atoms with Gasteiger partial charge >= 0.3 is 0 Å². The SMILES string of the molecule is O=C(Cc1ccc(Cl)cc1)NNC(=O)C1CCN(S(=O)(=O)c2ccc(F)cc2)CC1. The zero-order chi connectivity index (χ0) is 21.7. The lowest BCUT2D eigenvalue weighted by molar-refractivity contribution is -0.131. The van der Waals surface area contributed by atoms with Gasteiger partial charge < -0.3 is 0 Å². The Morgan fingerprint density at radius 2 is 1.60 bits per heavy atom. The van der Waals surface area contributed by atoms with Crippen molar-refractivity contribution < 1.29 is 22.4 Å². The predicted octanol–water partition coefficient (Wildman–Crippen LogP) is 2.27. The topological polar surface area (TPSA) is 95.6 Å². The molecule has 0 aliphatic carbocycles. The summed E-state index contributed by atoms with van der Waals surface area (Å²) in [5.74, 6) is -1.66. The molecule has 0 bridgehead atoms. The van der Waals surface area contributed by atoms with Gasteiger partial charge in [0.2, 0.25) is 21.8 Å². The smallest absolute Gasteiger partial charge is 0.243 e. The van der Waals surface area contributed by atoms with Gasteiger partial charge in [-0.3, -0.25) is 20.4 Å². The van der Waals surface area contributed by atoms with Gasteiger partial charge in [-0.05, 0) is 54.8 Å². The highest BCUT2D eigenvalue weighted by atomic mass is 35.5. The summed E-state index contributed by atoms with van der Waals surface area (Å²) in [6.07, 6.45) is 0.727. The van der Waals surface area contributed by atoms with Crippen molar-refractivity contribution in [3.63, 3.8) is 0 Å². The van der Waals surface area contributed by atoms with Gasteiger partial charge in [-0.2, -0.15) is 4.31 Å². The molecular weight excluding hydrogens is 433 g/mol. The molecule has 0 atom stereocenters. The minimum atomic E-state index is -3.74. The van der Waals surface area contributed by atoms with Crippen molar-refractivity contribution in [3.8, 4) is 0 Å². The van der Waals surface area contributed by atoms with Gasteiger partial charge in [-0.25, -0.2) is 12.8 Å². The average molecular weight is 454 g/mol. The molecule has 1 aliphatic rings. The number of sulfonamides is 1. The third-order valence-corrected chi connectivity index (χ3v) is 7.04. The van der Waals surface area contributed by atoms with Crippen molar-refractivity contribution in [3.05, 3.63) is 64.9 Å². The number of nitrogens with one attached hydrogen (secondary N) is 2. The molecule has 3 rings (SSSR count). The molecule has 1 fully saturated rings. The zero-order valence-electron chi connectivity index (χ0n) is 16.0. The first-order valence-corrected chi connectivity index (χ1v) is 11.2. The van der Waals surface area contributed by atoms with E-state index < -0.39 is 21.8 Å². The minimum Gasteiger partial charge on any atom is -0.273 e. The second-order valence-electron chi connectivity index (χ2n) is 6.97. The summed E-state index contributed by atoms with van der Waals surface area (Å²) in [7, 11) is -3.74. The van der Waals surface area contributed by atoms with Gasteiger partial charge in [0.1, 0.15) is 5.82 Å². The van der Waals surface area contributed by atoms with Crippen LogP contribution in [-0.4, -0.2) is 37.6 Å². The van der Waals surface area contributed by atoms with E-state index in [2.05, 4.69) is 10.9 Å². The molecule has 7 nitrogen and oxygen atoms in total. The van der Waals surface area contributed by atoms with Gasteiger partial charge in [0.15, 0.2) is 0 Å². The normalized spacial score (nSPS) is 15.5. The van der Waals surface area contributed by atoms with E-state index in [9.17, 15) is 22.4 Å². The van der Waals surface area contributed by atoms with Gasteiger partial charge in [-0.1, -0.05) is 23.7 Å². The standard InChI is InChI=1S/C20H21ClFN3O4S/c21-16-3-1-14(2-4-16)13-19(26)23-24-20(27)15-9-11-25(12-10-15)30(28,29)18-7-5-17(22)6-8-18/h1-8,15H,9-13H2,(H,23,26)(H,24,27). The third kappa shape index (κ3) is 5.56. The molecule has 0 saturated carbocycles. The molecule has 0 unspecified atom stereocenters. The van der Waals surface area contributed by atoms with E-state index in [4.69, 9.17) is 11.6 Å². The van der Waals surface area contributed by atoms with E-state index in [1.54, 1.807) is 24.3 Å². The summed E-state index contributed by atoms with van der Waals surface area (Å²) >= 11 is 5.80. The Bertz CT molecular complexity index is 1010. The number of piperidine rings is 1. The Hall–Kier alpha value is -2.49. The fourth-order valence-electron chi connectivity index (χ4n) is 3.18. The lowest BCUT2D eigenvalue weighted by atomic mass is 9.98. The number of carbonyl (C=O) groups is 2. The second-order valence-corrected chi connectivity index (χ2v) is 9.35. The maximum Gasteiger partial charge on any atom is 0.243 e. The maximum atomic E-state index is 13.0. The predicted molar refractivity (Wildman–Crippen MR) is 109 cm³/mol. The van der Waals surface area contributed by atoms with Gasteiger partial charge in [0, 0.05) is 24.0 Å². The van der Waals surface area contributed by atoms with E-state index in [0.717, 1.165) is 17.7 Å². The number of amides is 2. The quantitative estimate of drug-likeness (QED) is 0.679. The van der Waals surface area contributed by atoms with Crippen molar-refractivity contribution in [1.82, 2.24) is 15.2 Å². The Kier molecular flexibility index (Phi) is 7.06. The second kappa shape index (κ2) is 9.55. The fraction of sp³-hybridized carbons (Fsp3) is 0.300. The molecule has 1 saturated heterocycles. The number of hydrogen-bond acceptors (Lipinski definition) is 4. The number of carbonyl (C=O) groups excluding carboxylic acids is 2. The van der Waals surface area contributed by atoms with Crippen LogP contribution in [0.3, 0.4) is 0 Å². The highest BCUT2D eigenvalue weighted by Crippen LogP contribution is 2.24. The number of benzene rings is 2. The van der Waals surface area contributed by atoms with Crippen molar-refractivity contribution in [1.29, 1.82) is 0 Å². The van der Waals surface area contributed by atoms with Crippen LogP contribution in [0.2, 0.25) is 5.02 Å². The van der Waals surface area contributed by atoms with Crippen molar-refractivity contribution in [2.75, 3.05) is 13.1 Å². The molecule has 2 aromatic carbocycles. The fourth-order valence-corrected chi connectivity index (χ4v) is 4.77. The van der Waals surface area contributed by atoms with Crippen LogP contribution in [-0.2, 0) is 26.0 Å². The Labute approximate surface area is 179 Å². The van der Waals surface area contributed by atoms with Crippen molar-refractivity contribution in [2.45, 2.75) is 24.2 Å². The zero-order valence-corrected chi connectivity index (χ0v) is 17.5. The van der Waals surface area contributed by atoms with Crippen LogP contribution in [0, 0.1) is 11.7 Å². The van der Waals surface area contributed by atoms with Gasteiger partial charge in [0.05, 0.1) is 11.3 Å². The number of nitrogens with zero attached hydrogens (tertiary/aromatic N) is 1. The number of rotatable bonds is 5. The Morgan fingerprint density at radius 1 is 1.00 bits per heavy atom. The number of hydrogen-bond donors (Lipinski definition) is 2. The molecule has 30 heavy (non-hydrogen) atoms. The summed E-state index contributed by atoms with van der Waals surface area (Å²) in [4.78, 5) is 24.3. The van der Waals surface area contributed by atoms with Gasteiger partial charge in [0.25, 0.3) is 0 Å². The highest BCUT2D eigenvalue weighted by molar-refractivity contribution is 7.89. The van der Waals surface area contributed by atoms with E-state index in [1.807, 2.05) is 0 Å². The number of halogens is 2. The largest absolute Gasteiger partial charge is 0.273 e. The molecular formula is C20H21ClFN3O4S. The van der Waals surface area contributed by atoms with Crippen molar-refractivity contribution >= 4 is 33.4 Å². The molecule has 1 aliphatic heterocycles. The molecule has 2 N–H and O–H groups in total.